The van der Waals surface area contributed by atoms with Gasteiger partial charge in [-0.05, 0) is 40.3 Å². The Labute approximate surface area is 144 Å². The van der Waals surface area contributed by atoms with Gasteiger partial charge in [0.05, 0.1) is 32.0 Å². The smallest absolute Gasteiger partial charge is 0.228 e. The van der Waals surface area contributed by atoms with Gasteiger partial charge in [-0.3, -0.25) is 4.79 Å². The van der Waals surface area contributed by atoms with Crippen molar-refractivity contribution in [1.29, 1.82) is 0 Å². The van der Waals surface area contributed by atoms with Crippen molar-refractivity contribution in [3.63, 3.8) is 0 Å². The van der Waals surface area contributed by atoms with E-state index in [9.17, 15) is 4.79 Å². The maximum Gasteiger partial charge on any atom is 0.228 e. The number of rotatable bonds is 6. The molecule has 1 heterocycles. The van der Waals surface area contributed by atoms with Crippen LogP contribution >= 0.6 is 0 Å². The second kappa shape index (κ2) is 7.43. The van der Waals surface area contributed by atoms with Gasteiger partial charge in [0.2, 0.25) is 5.91 Å². The predicted octanol–water partition coefficient (Wildman–Crippen LogP) is 1.86. The van der Waals surface area contributed by atoms with Crippen molar-refractivity contribution in [2.24, 2.45) is 0 Å². The molecule has 1 amide bonds. The highest BCUT2D eigenvalue weighted by Gasteiger charge is 2.11. The average molecular weight is 339 g/mol. The normalized spacial score (nSPS) is 10.3. The highest BCUT2D eigenvalue weighted by Crippen LogP contribution is 2.28. The molecule has 0 saturated heterocycles. The van der Waals surface area contributed by atoms with Gasteiger partial charge in [-0.15, -0.1) is 5.10 Å². The molecule has 8 heteroatoms. The maximum atomic E-state index is 12.4. The standard InChI is InChI=1S/C17H17N5O3/c1-24-15-8-7-12(9-16(15)25-2)10-17(23)19-13-5-3-4-6-14(13)22-11-18-20-21-22/h3-9,11H,10H2,1-2H3,(H,19,23). The molecule has 1 N–H and O–H groups in total. The summed E-state index contributed by atoms with van der Waals surface area (Å²) in [7, 11) is 3.13. The van der Waals surface area contributed by atoms with Crippen LogP contribution in [-0.2, 0) is 11.2 Å². The molecule has 0 saturated carbocycles. The van der Waals surface area contributed by atoms with Gasteiger partial charge in [-0.2, -0.15) is 4.68 Å². The van der Waals surface area contributed by atoms with Crippen molar-refractivity contribution >= 4 is 11.6 Å². The van der Waals surface area contributed by atoms with Crippen LogP contribution < -0.4 is 14.8 Å². The van der Waals surface area contributed by atoms with E-state index in [2.05, 4.69) is 20.8 Å². The van der Waals surface area contributed by atoms with Gasteiger partial charge in [0.1, 0.15) is 6.33 Å². The summed E-state index contributed by atoms with van der Waals surface area (Å²) in [6.07, 6.45) is 1.67. The fourth-order valence-electron chi connectivity index (χ4n) is 2.42. The molecule has 8 nitrogen and oxygen atoms in total. The van der Waals surface area contributed by atoms with E-state index in [0.29, 0.717) is 22.9 Å². The van der Waals surface area contributed by atoms with Gasteiger partial charge in [0.15, 0.2) is 11.5 Å². The van der Waals surface area contributed by atoms with Crippen LogP contribution in [-0.4, -0.2) is 40.3 Å². The van der Waals surface area contributed by atoms with Gasteiger partial charge >= 0.3 is 0 Å². The summed E-state index contributed by atoms with van der Waals surface area (Å²) in [5.74, 6) is 1.05. The van der Waals surface area contributed by atoms with Crippen LogP contribution in [0.2, 0.25) is 0 Å². The summed E-state index contributed by atoms with van der Waals surface area (Å²) in [4.78, 5) is 12.4. The number of anilines is 1. The predicted molar refractivity (Wildman–Crippen MR) is 91.0 cm³/mol. The Morgan fingerprint density at radius 1 is 1.12 bits per heavy atom. The molecule has 0 aliphatic heterocycles. The molecule has 0 unspecified atom stereocenters. The summed E-state index contributed by atoms with van der Waals surface area (Å²) in [5.41, 5.74) is 2.13. The van der Waals surface area contributed by atoms with E-state index < -0.39 is 0 Å². The monoisotopic (exact) mass is 339 g/mol. The third-order valence-electron chi connectivity index (χ3n) is 3.59. The number of nitrogens with one attached hydrogen (secondary N) is 1. The van der Waals surface area contributed by atoms with Gasteiger partial charge < -0.3 is 14.8 Å². The number of carbonyl (C=O) groups excluding carboxylic acids is 1. The lowest BCUT2D eigenvalue weighted by molar-refractivity contribution is -0.115. The van der Waals surface area contributed by atoms with Crippen molar-refractivity contribution in [2.45, 2.75) is 6.42 Å². The molecular weight excluding hydrogens is 322 g/mol. The first-order chi connectivity index (χ1) is 12.2. The number of amides is 1. The summed E-state index contributed by atoms with van der Waals surface area (Å²) in [6, 6.07) is 12.7. The molecule has 0 aliphatic rings. The van der Waals surface area contributed by atoms with E-state index in [1.807, 2.05) is 24.3 Å². The van der Waals surface area contributed by atoms with Crippen molar-refractivity contribution < 1.29 is 14.3 Å². The van der Waals surface area contributed by atoms with E-state index in [4.69, 9.17) is 9.47 Å². The minimum Gasteiger partial charge on any atom is -0.493 e. The Morgan fingerprint density at radius 3 is 2.64 bits per heavy atom. The highest BCUT2D eigenvalue weighted by atomic mass is 16.5. The van der Waals surface area contributed by atoms with Crippen molar-refractivity contribution in [2.75, 3.05) is 19.5 Å². The summed E-state index contributed by atoms with van der Waals surface area (Å²) < 4.78 is 12.0. The van der Waals surface area contributed by atoms with Crippen LogP contribution in [0.15, 0.2) is 48.8 Å². The zero-order chi connectivity index (χ0) is 17.6. The number of hydrogen-bond donors (Lipinski definition) is 1. The minimum absolute atomic E-state index is 0.159. The minimum atomic E-state index is -0.159. The molecular formula is C17H17N5O3. The third kappa shape index (κ3) is 3.74. The maximum absolute atomic E-state index is 12.4. The zero-order valence-corrected chi connectivity index (χ0v) is 13.8. The molecule has 3 aromatic rings. The first-order valence-corrected chi connectivity index (χ1v) is 7.54. The number of ether oxygens (including phenoxy) is 2. The lowest BCUT2D eigenvalue weighted by Crippen LogP contribution is -2.16. The van der Waals surface area contributed by atoms with E-state index in [-0.39, 0.29) is 12.3 Å². The van der Waals surface area contributed by atoms with Crippen LogP contribution in [0, 0.1) is 0 Å². The lowest BCUT2D eigenvalue weighted by Gasteiger charge is -2.11. The van der Waals surface area contributed by atoms with Gasteiger partial charge in [-0.25, -0.2) is 0 Å². The summed E-state index contributed by atoms with van der Waals surface area (Å²) >= 11 is 0. The van der Waals surface area contributed by atoms with E-state index in [1.54, 1.807) is 32.4 Å². The molecule has 0 atom stereocenters. The van der Waals surface area contributed by atoms with Crippen LogP contribution in [0.1, 0.15) is 5.56 Å². The second-order valence-corrected chi connectivity index (χ2v) is 5.19. The van der Waals surface area contributed by atoms with Crippen LogP contribution in [0.5, 0.6) is 11.5 Å². The molecule has 1 aromatic heterocycles. The topological polar surface area (TPSA) is 91.2 Å². The molecule has 25 heavy (non-hydrogen) atoms. The molecule has 0 fully saturated rings. The molecule has 2 aromatic carbocycles. The van der Waals surface area contributed by atoms with E-state index in [0.717, 1.165) is 5.56 Å². The number of aromatic nitrogens is 4. The van der Waals surface area contributed by atoms with Gasteiger partial charge in [-0.1, -0.05) is 18.2 Å². The largest absolute Gasteiger partial charge is 0.493 e. The summed E-state index contributed by atoms with van der Waals surface area (Å²) in [5, 5.41) is 14.0. The number of tetrazole rings is 1. The Morgan fingerprint density at radius 2 is 1.92 bits per heavy atom. The number of hydrogen-bond acceptors (Lipinski definition) is 6. The number of para-hydroxylation sites is 2. The third-order valence-corrected chi connectivity index (χ3v) is 3.59. The quantitative estimate of drug-likeness (QED) is 0.737. The SMILES string of the molecule is COc1ccc(CC(=O)Nc2ccccc2-n2cnnn2)cc1OC. The number of methoxy groups -OCH3 is 2. The molecule has 128 valence electrons. The molecule has 0 radical (unpaired) electrons. The number of benzene rings is 2. The Balaban J connectivity index is 1.76. The number of nitrogens with zero attached hydrogens (tertiary/aromatic N) is 4. The zero-order valence-electron chi connectivity index (χ0n) is 13.8. The molecule has 0 bridgehead atoms. The lowest BCUT2D eigenvalue weighted by atomic mass is 10.1. The summed E-state index contributed by atoms with van der Waals surface area (Å²) in [6.45, 7) is 0. The van der Waals surface area contributed by atoms with Gasteiger partial charge in [0.25, 0.3) is 0 Å². The Kier molecular flexibility index (Phi) is 4.89. The molecule has 0 aliphatic carbocycles. The van der Waals surface area contributed by atoms with E-state index >= 15 is 0 Å². The first kappa shape index (κ1) is 16.4. The fourth-order valence-corrected chi connectivity index (χ4v) is 2.42. The second-order valence-electron chi connectivity index (χ2n) is 5.19. The first-order valence-electron chi connectivity index (χ1n) is 7.54. The molecule has 3 rings (SSSR count). The van der Waals surface area contributed by atoms with Crippen molar-refractivity contribution in [1.82, 2.24) is 20.2 Å². The van der Waals surface area contributed by atoms with Crippen molar-refractivity contribution in [3.05, 3.63) is 54.4 Å². The number of carbonyl (C=O) groups is 1. The Bertz CT molecular complexity index is 864. The van der Waals surface area contributed by atoms with Crippen LogP contribution in [0.3, 0.4) is 0 Å². The highest BCUT2D eigenvalue weighted by molar-refractivity contribution is 5.94. The molecule has 0 spiro atoms. The van der Waals surface area contributed by atoms with Crippen LogP contribution in [0.25, 0.3) is 5.69 Å². The van der Waals surface area contributed by atoms with Crippen LogP contribution in [0.4, 0.5) is 5.69 Å². The van der Waals surface area contributed by atoms with E-state index in [1.165, 1.54) is 11.0 Å². The van der Waals surface area contributed by atoms with Crippen molar-refractivity contribution in [3.8, 4) is 17.2 Å². The van der Waals surface area contributed by atoms with Gasteiger partial charge in [0, 0.05) is 0 Å². The average Bonchev–Trinajstić information content (AvgIpc) is 3.16. The Hall–Kier alpha value is -3.42. The fraction of sp³-hybridized carbons (Fsp3) is 0.176.